The number of carbonyl (C=O) groups is 2. The number of allylic oxidation sites excluding steroid dienone is 10. The zero-order valence-corrected chi connectivity index (χ0v) is 38.9. The first-order valence-electron chi connectivity index (χ1n) is 25.0. The minimum atomic E-state index is -0.802. The summed E-state index contributed by atoms with van der Waals surface area (Å²) in [6, 6.07) is -0.718. The van der Waals surface area contributed by atoms with E-state index in [2.05, 4.69) is 86.8 Å². The number of unbranched alkanes of at least 4 members (excludes halogenated alkanes) is 22. The van der Waals surface area contributed by atoms with Crippen molar-refractivity contribution in [3.05, 3.63) is 60.8 Å². The first-order chi connectivity index (χ1) is 29.0. The van der Waals surface area contributed by atoms with E-state index >= 15 is 0 Å². The first-order valence-corrected chi connectivity index (χ1v) is 25.0. The van der Waals surface area contributed by atoms with Gasteiger partial charge in [0.05, 0.1) is 25.2 Å². The van der Waals surface area contributed by atoms with Gasteiger partial charge in [-0.2, -0.15) is 0 Å². The minimum Gasteiger partial charge on any atom is -0.462 e. The smallest absolute Gasteiger partial charge is 0.306 e. The van der Waals surface area contributed by atoms with Gasteiger partial charge in [0.2, 0.25) is 5.91 Å². The molecule has 0 rings (SSSR count). The number of carbonyl (C=O) groups excluding carboxylic acids is 2. The molecule has 6 heteroatoms. The lowest BCUT2D eigenvalue weighted by Gasteiger charge is -2.24. The molecule has 1 amide bonds. The Bertz CT molecular complexity index is 1060. The van der Waals surface area contributed by atoms with Crippen LogP contribution in [0.3, 0.4) is 0 Å². The summed E-state index contributed by atoms with van der Waals surface area (Å²) in [6.45, 7) is 6.33. The van der Waals surface area contributed by atoms with Crippen LogP contribution >= 0.6 is 0 Å². The Kier molecular flexibility index (Phi) is 44.7. The number of rotatable bonds is 44. The standard InChI is InChI=1S/C53H95NO5/c1-4-7-10-13-16-19-21-23-25-26-27-28-30-33-35-38-41-44-49(59-53(58)46-43-40-37-32-18-15-12-9-6-3)47-52(57)54-50(48-55)51(56)45-42-39-36-34-31-29-24-22-20-17-14-11-8-5-2/h7,10,16,19,23,25,27-28,33,35,49-51,55-56H,4-6,8-9,11-15,17-18,20-22,24,26,29-32,34,36-48H2,1-3H3,(H,54,57)/b10-7-,19-16-,25-23-,28-27-,35-33-. The van der Waals surface area contributed by atoms with E-state index in [9.17, 15) is 19.8 Å². The fourth-order valence-corrected chi connectivity index (χ4v) is 7.34. The lowest BCUT2D eigenvalue weighted by atomic mass is 10.0. The van der Waals surface area contributed by atoms with E-state index in [1.54, 1.807) is 0 Å². The second kappa shape index (κ2) is 46.6. The predicted molar refractivity (Wildman–Crippen MR) is 255 cm³/mol. The lowest BCUT2D eigenvalue weighted by Crippen LogP contribution is -2.46. The molecule has 0 saturated carbocycles. The molecule has 3 atom stereocenters. The highest BCUT2D eigenvalue weighted by molar-refractivity contribution is 5.77. The summed E-state index contributed by atoms with van der Waals surface area (Å²) in [5.74, 6) is -0.531. The summed E-state index contributed by atoms with van der Waals surface area (Å²) in [7, 11) is 0. The van der Waals surface area contributed by atoms with Crippen molar-refractivity contribution in [2.24, 2.45) is 0 Å². The summed E-state index contributed by atoms with van der Waals surface area (Å²) in [6.07, 6.45) is 57.1. The van der Waals surface area contributed by atoms with Crippen LogP contribution in [0.1, 0.15) is 239 Å². The number of esters is 1. The van der Waals surface area contributed by atoms with Gasteiger partial charge in [0.1, 0.15) is 6.10 Å². The lowest BCUT2D eigenvalue weighted by molar-refractivity contribution is -0.151. The quantitative estimate of drug-likeness (QED) is 0.0323. The maximum atomic E-state index is 13.2. The molecule has 0 heterocycles. The molecule has 0 aromatic carbocycles. The topological polar surface area (TPSA) is 95.9 Å². The maximum Gasteiger partial charge on any atom is 0.306 e. The van der Waals surface area contributed by atoms with Crippen molar-refractivity contribution in [1.29, 1.82) is 0 Å². The van der Waals surface area contributed by atoms with Crippen LogP contribution in [0.2, 0.25) is 0 Å². The first kappa shape index (κ1) is 56.6. The number of aliphatic hydroxyl groups is 2. The molecule has 0 aromatic heterocycles. The third kappa shape index (κ3) is 42.1. The van der Waals surface area contributed by atoms with Gasteiger partial charge in [-0.05, 0) is 64.2 Å². The van der Waals surface area contributed by atoms with Crippen LogP contribution in [-0.4, -0.2) is 46.9 Å². The molecule has 3 unspecified atom stereocenters. The van der Waals surface area contributed by atoms with E-state index in [-0.39, 0.29) is 24.9 Å². The molecule has 0 radical (unpaired) electrons. The van der Waals surface area contributed by atoms with Crippen LogP contribution in [0.4, 0.5) is 0 Å². The zero-order chi connectivity index (χ0) is 43.1. The van der Waals surface area contributed by atoms with Gasteiger partial charge in [-0.15, -0.1) is 0 Å². The van der Waals surface area contributed by atoms with Crippen LogP contribution in [0.5, 0.6) is 0 Å². The molecular weight excluding hydrogens is 731 g/mol. The molecule has 0 saturated heterocycles. The molecule has 0 aliphatic heterocycles. The average molecular weight is 826 g/mol. The van der Waals surface area contributed by atoms with Crippen molar-refractivity contribution in [2.45, 2.75) is 257 Å². The predicted octanol–water partition coefficient (Wildman–Crippen LogP) is 14.8. The molecule has 0 spiro atoms. The Labute approximate surface area is 365 Å². The highest BCUT2D eigenvalue weighted by Crippen LogP contribution is 2.17. The normalized spacial score (nSPS) is 13.8. The van der Waals surface area contributed by atoms with Gasteiger partial charge in [-0.1, -0.05) is 223 Å². The highest BCUT2D eigenvalue weighted by atomic mass is 16.5. The van der Waals surface area contributed by atoms with Crippen molar-refractivity contribution < 1.29 is 24.5 Å². The third-order valence-corrected chi connectivity index (χ3v) is 11.1. The number of amides is 1. The van der Waals surface area contributed by atoms with E-state index in [0.29, 0.717) is 19.3 Å². The summed E-state index contributed by atoms with van der Waals surface area (Å²) >= 11 is 0. The monoisotopic (exact) mass is 826 g/mol. The molecular formula is C53H95NO5. The van der Waals surface area contributed by atoms with Crippen LogP contribution in [0.15, 0.2) is 60.8 Å². The summed E-state index contributed by atoms with van der Waals surface area (Å²) < 4.78 is 5.88. The Morgan fingerprint density at radius 1 is 0.508 bits per heavy atom. The zero-order valence-electron chi connectivity index (χ0n) is 38.9. The molecule has 3 N–H and O–H groups in total. The Morgan fingerprint density at radius 3 is 1.36 bits per heavy atom. The van der Waals surface area contributed by atoms with Gasteiger partial charge < -0.3 is 20.3 Å². The van der Waals surface area contributed by atoms with E-state index in [0.717, 1.165) is 83.5 Å². The SMILES string of the molecule is CC/C=C\C/C=C\C/C=C\C/C=C\C/C=C\CCCC(CC(=O)NC(CO)C(O)CCCCCCCCCCCCCCCC)OC(=O)CCCCCCCCCCC. The Morgan fingerprint density at radius 2 is 0.915 bits per heavy atom. The van der Waals surface area contributed by atoms with Crippen LogP contribution in [-0.2, 0) is 14.3 Å². The van der Waals surface area contributed by atoms with Gasteiger partial charge in [0.25, 0.3) is 0 Å². The number of aliphatic hydroxyl groups excluding tert-OH is 2. The molecule has 0 bridgehead atoms. The van der Waals surface area contributed by atoms with Crippen LogP contribution in [0, 0.1) is 0 Å². The second-order valence-corrected chi connectivity index (χ2v) is 16.8. The molecule has 0 aromatic rings. The van der Waals surface area contributed by atoms with Crippen molar-refractivity contribution in [3.63, 3.8) is 0 Å². The molecule has 342 valence electrons. The number of hydrogen-bond acceptors (Lipinski definition) is 5. The van der Waals surface area contributed by atoms with Gasteiger partial charge in [-0.25, -0.2) is 0 Å². The van der Waals surface area contributed by atoms with Gasteiger partial charge >= 0.3 is 5.97 Å². The van der Waals surface area contributed by atoms with E-state index in [1.165, 1.54) is 109 Å². The van der Waals surface area contributed by atoms with Gasteiger partial charge in [0.15, 0.2) is 0 Å². The van der Waals surface area contributed by atoms with Crippen molar-refractivity contribution in [1.82, 2.24) is 5.32 Å². The Balaban J connectivity index is 4.64. The number of ether oxygens (including phenoxy) is 1. The van der Waals surface area contributed by atoms with E-state index in [4.69, 9.17) is 4.74 Å². The summed E-state index contributed by atoms with van der Waals surface area (Å²) in [4.78, 5) is 26.0. The Hall–Kier alpha value is -2.44. The number of hydrogen-bond donors (Lipinski definition) is 3. The van der Waals surface area contributed by atoms with Crippen molar-refractivity contribution in [3.8, 4) is 0 Å². The maximum absolute atomic E-state index is 13.2. The molecule has 0 aliphatic carbocycles. The van der Waals surface area contributed by atoms with Crippen LogP contribution < -0.4 is 5.32 Å². The fourth-order valence-electron chi connectivity index (χ4n) is 7.34. The highest BCUT2D eigenvalue weighted by Gasteiger charge is 2.24. The molecule has 0 fully saturated rings. The van der Waals surface area contributed by atoms with Crippen molar-refractivity contribution >= 4 is 11.9 Å². The third-order valence-electron chi connectivity index (χ3n) is 11.1. The van der Waals surface area contributed by atoms with E-state index < -0.39 is 18.2 Å². The van der Waals surface area contributed by atoms with Crippen LogP contribution in [0.25, 0.3) is 0 Å². The fraction of sp³-hybridized carbons (Fsp3) is 0.774. The molecule has 0 aliphatic rings. The van der Waals surface area contributed by atoms with Gasteiger partial charge in [0, 0.05) is 6.42 Å². The average Bonchev–Trinajstić information content (AvgIpc) is 3.23. The largest absolute Gasteiger partial charge is 0.462 e. The van der Waals surface area contributed by atoms with E-state index in [1.807, 2.05) is 0 Å². The number of nitrogens with one attached hydrogen (secondary N) is 1. The molecule has 59 heavy (non-hydrogen) atoms. The van der Waals surface area contributed by atoms with Crippen molar-refractivity contribution in [2.75, 3.05) is 6.61 Å². The summed E-state index contributed by atoms with van der Waals surface area (Å²) in [5, 5.41) is 23.7. The molecule has 6 nitrogen and oxygen atoms in total. The second-order valence-electron chi connectivity index (χ2n) is 16.8. The summed E-state index contributed by atoms with van der Waals surface area (Å²) in [5.41, 5.74) is 0. The van der Waals surface area contributed by atoms with Gasteiger partial charge in [-0.3, -0.25) is 9.59 Å². The minimum absolute atomic E-state index is 0.0389.